The van der Waals surface area contributed by atoms with Crippen molar-refractivity contribution in [3.63, 3.8) is 0 Å². The molecule has 4 aromatic rings. The number of alkyl halides is 3. The van der Waals surface area contributed by atoms with Crippen molar-refractivity contribution in [2.75, 3.05) is 10.7 Å². The van der Waals surface area contributed by atoms with Gasteiger partial charge in [-0.15, -0.1) is 23.4 Å². The molecule has 200 valence electrons. The van der Waals surface area contributed by atoms with E-state index in [1.54, 1.807) is 24.3 Å². The summed E-state index contributed by atoms with van der Waals surface area (Å²) in [5, 5.41) is 13.1. The van der Waals surface area contributed by atoms with E-state index in [9.17, 15) is 22.0 Å². The number of thioether (sulfide) groups is 1. The van der Waals surface area contributed by atoms with E-state index < -0.39 is 18.0 Å². The Morgan fingerprint density at radius 1 is 1.00 bits per heavy atom. The maximum atomic E-state index is 14.3. The van der Waals surface area contributed by atoms with Crippen molar-refractivity contribution in [1.29, 1.82) is 0 Å². The zero-order chi connectivity index (χ0) is 27.6. The molecule has 13 heteroatoms. The highest BCUT2D eigenvalue weighted by Crippen LogP contribution is 2.34. The molecular weight excluding hydrogens is 539 g/mol. The number of para-hydroxylation sites is 1. The van der Waals surface area contributed by atoms with Crippen LogP contribution in [-0.4, -0.2) is 44.3 Å². The summed E-state index contributed by atoms with van der Waals surface area (Å²) >= 11 is 1.36. The molecular formula is C26H19F5N6OS. The molecule has 5 rings (SSSR count). The van der Waals surface area contributed by atoms with Crippen LogP contribution in [0.5, 0.6) is 5.75 Å². The van der Waals surface area contributed by atoms with Gasteiger partial charge in [-0.25, -0.2) is 18.4 Å². The van der Waals surface area contributed by atoms with E-state index in [0.717, 1.165) is 5.56 Å². The number of hydrogen-bond donors (Lipinski definition) is 0. The van der Waals surface area contributed by atoms with E-state index in [4.69, 9.17) is 0 Å². The van der Waals surface area contributed by atoms with Crippen molar-refractivity contribution in [3.8, 4) is 22.8 Å². The van der Waals surface area contributed by atoms with Gasteiger partial charge in [0.15, 0.2) is 11.0 Å². The number of amidine groups is 1. The molecule has 0 N–H and O–H groups in total. The van der Waals surface area contributed by atoms with Crippen LogP contribution in [0, 0.1) is 11.6 Å². The second-order valence-electron chi connectivity index (χ2n) is 8.40. The minimum absolute atomic E-state index is 0.147. The number of aromatic nitrogens is 3. The predicted octanol–water partition coefficient (Wildman–Crippen LogP) is 6.44. The molecule has 0 saturated carbocycles. The van der Waals surface area contributed by atoms with E-state index in [2.05, 4.69) is 25.0 Å². The van der Waals surface area contributed by atoms with Crippen molar-refractivity contribution in [2.24, 2.45) is 10.2 Å². The van der Waals surface area contributed by atoms with Crippen LogP contribution in [0.25, 0.3) is 17.1 Å². The van der Waals surface area contributed by atoms with Gasteiger partial charge >= 0.3 is 6.36 Å². The summed E-state index contributed by atoms with van der Waals surface area (Å²) in [7, 11) is 0. The third kappa shape index (κ3) is 6.08. The van der Waals surface area contributed by atoms with Gasteiger partial charge in [-0.05, 0) is 48.9 Å². The highest BCUT2D eigenvalue weighted by atomic mass is 32.2. The Hall–Kier alpha value is -4.26. The van der Waals surface area contributed by atoms with Gasteiger partial charge < -0.3 is 9.64 Å². The minimum Gasteiger partial charge on any atom is -0.406 e. The summed E-state index contributed by atoms with van der Waals surface area (Å²) < 4.78 is 71.1. The lowest BCUT2D eigenvalue weighted by Crippen LogP contribution is -2.33. The molecule has 1 aliphatic heterocycles. The second kappa shape index (κ2) is 10.8. The number of anilines is 1. The maximum absolute atomic E-state index is 14.3. The molecule has 0 aliphatic carbocycles. The van der Waals surface area contributed by atoms with E-state index in [-0.39, 0.29) is 17.5 Å². The van der Waals surface area contributed by atoms with Gasteiger partial charge in [-0.1, -0.05) is 42.1 Å². The van der Waals surface area contributed by atoms with Gasteiger partial charge in [0.1, 0.15) is 29.4 Å². The lowest BCUT2D eigenvalue weighted by molar-refractivity contribution is -0.274. The molecule has 1 saturated heterocycles. The Morgan fingerprint density at radius 3 is 2.36 bits per heavy atom. The largest absolute Gasteiger partial charge is 0.573 e. The van der Waals surface area contributed by atoms with Gasteiger partial charge in [0, 0.05) is 17.4 Å². The van der Waals surface area contributed by atoms with Crippen molar-refractivity contribution in [1.82, 2.24) is 14.8 Å². The first-order valence-electron chi connectivity index (χ1n) is 11.5. The molecule has 1 fully saturated rings. The quantitative estimate of drug-likeness (QED) is 0.155. The summed E-state index contributed by atoms with van der Waals surface area (Å²) in [5.74, 6) is -0.641. The van der Waals surface area contributed by atoms with Crippen LogP contribution in [0.15, 0.2) is 83.3 Å². The lowest BCUT2D eigenvalue weighted by atomic mass is 10.1. The minimum atomic E-state index is -4.76. The molecule has 2 heterocycles. The average molecular weight is 559 g/mol. The topological polar surface area (TPSA) is 67.9 Å². The van der Waals surface area contributed by atoms with Crippen LogP contribution >= 0.6 is 11.8 Å². The SMILES string of the molecule is CC1CS/C(=N\N=C\c2ccc(-c3ncn(-c4ccc(OC(F)(F)F)cc4)n3)cc2)N1c1c(F)cccc1F. The van der Waals surface area contributed by atoms with Crippen molar-refractivity contribution < 1.29 is 26.7 Å². The van der Waals surface area contributed by atoms with Gasteiger partial charge in [0.05, 0.1) is 11.9 Å². The summed E-state index contributed by atoms with van der Waals surface area (Å²) in [5.41, 5.74) is 1.79. The molecule has 7 nitrogen and oxygen atoms in total. The summed E-state index contributed by atoms with van der Waals surface area (Å²) in [6.45, 7) is 1.86. The number of hydrogen-bond acceptors (Lipinski definition) is 6. The van der Waals surface area contributed by atoms with Crippen molar-refractivity contribution >= 4 is 28.8 Å². The van der Waals surface area contributed by atoms with E-state index >= 15 is 0 Å². The van der Waals surface area contributed by atoms with Crippen LogP contribution in [0.3, 0.4) is 0 Å². The molecule has 1 aromatic heterocycles. The zero-order valence-electron chi connectivity index (χ0n) is 20.2. The molecule has 39 heavy (non-hydrogen) atoms. The Kier molecular flexibility index (Phi) is 7.33. The molecule has 0 amide bonds. The fourth-order valence-corrected chi connectivity index (χ4v) is 4.88. The average Bonchev–Trinajstić information content (AvgIpc) is 3.52. The fraction of sp³-hybridized carbons (Fsp3) is 0.154. The van der Waals surface area contributed by atoms with Crippen LogP contribution in [-0.2, 0) is 0 Å². The fourth-order valence-electron chi connectivity index (χ4n) is 3.82. The summed E-state index contributed by atoms with van der Waals surface area (Å²) in [6.07, 6.45) is -1.79. The zero-order valence-corrected chi connectivity index (χ0v) is 21.0. The Balaban J connectivity index is 1.27. The Morgan fingerprint density at radius 2 is 1.69 bits per heavy atom. The first-order valence-corrected chi connectivity index (χ1v) is 12.5. The normalized spacial score (nSPS) is 16.9. The van der Waals surface area contributed by atoms with E-state index in [0.29, 0.717) is 28.0 Å². The molecule has 3 aromatic carbocycles. The number of nitrogens with zero attached hydrogens (tertiary/aromatic N) is 6. The highest BCUT2D eigenvalue weighted by molar-refractivity contribution is 8.14. The number of ether oxygens (including phenoxy) is 1. The van der Waals surface area contributed by atoms with Gasteiger partial charge in [-0.3, -0.25) is 0 Å². The Bertz CT molecular complexity index is 1500. The monoisotopic (exact) mass is 558 g/mol. The Labute approximate surface area is 223 Å². The van der Waals surface area contributed by atoms with Crippen molar-refractivity contribution in [3.05, 3.63) is 90.3 Å². The summed E-state index contributed by atoms with van der Waals surface area (Å²) in [6, 6.07) is 15.9. The molecule has 1 atom stereocenters. The number of benzene rings is 3. The van der Waals surface area contributed by atoms with Gasteiger partial charge in [0.2, 0.25) is 0 Å². The highest BCUT2D eigenvalue weighted by Gasteiger charge is 2.32. The number of rotatable bonds is 6. The predicted molar refractivity (Wildman–Crippen MR) is 139 cm³/mol. The number of halogens is 5. The maximum Gasteiger partial charge on any atom is 0.573 e. The smallest absolute Gasteiger partial charge is 0.406 e. The second-order valence-corrected chi connectivity index (χ2v) is 9.39. The van der Waals surface area contributed by atoms with Gasteiger partial charge in [0.25, 0.3) is 0 Å². The first-order chi connectivity index (χ1) is 18.7. The molecule has 1 aliphatic rings. The molecule has 0 bridgehead atoms. The van der Waals surface area contributed by atoms with Crippen molar-refractivity contribution in [2.45, 2.75) is 19.3 Å². The van der Waals surface area contributed by atoms with E-state index in [1.807, 2.05) is 6.92 Å². The standard InChI is InChI=1S/C26H19F5N6OS/c1-16-14-39-25(37(16)23-21(27)3-2-4-22(23)28)34-33-13-17-5-7-18(8-6-17)24-32-15-36(35-24)19-9-11-20(12-10-19)38-26(29,30)31/h2-13,15-16H,14H2,1H3/b33-13+,34-25-. The van der Waals surface area contributed by atoms with Crippen LogP contribution < -0.4 is 9.64 Å². The third-order valence-electron chi connectivity index (χ3n) is 5.62. The van der Waals surface area contributed by atoms with Crippen LogP contribution in [0.4, 0.5) is 27.6 Å². The summed E-state index contributed by atoms with van der Waals surface area (Å²) in [4.78, 5) is 5.77. The van der Waals surface area contributed by atoms with E-state index in [1.165, 1.54) is 76.4 Å². The molecule has 0 spiro atoms. The first kappa shape index (κ1) is 26.4. The molecule has 0 radical (unpaired) electrons. The van der Waals surface area contributed by atoms with Gasteiger partial charge in [-0.2, -0.15) is 5.10 Å². The lowest BCUT2D eigenvalue weighted by Gasteiger charge is -2.23. The van der Waals surface area contributed by atoms with Crippen LogP contribution in [0.1, 0.15) is 12.5 Å². The third-order valence-corrected chi connectivity index (χ3v) is 6.81. The van der Waals surface area contributed by atoms with Crippen LogP contribution in [0.2, 0.25) is 0 Å². The molecule has 1 unspecified atom stereocenters.